The molecule has 2 aromatic heterocycles. The maximum Gasteiger partial charge on any atom is 0.335 e. The Balaban J connectivity index is 1.82. The van der Waals surface area contributed by atoms with Crippen molar-refractivity contribution in [3.8, 4) is 32.3 Å². The van der Waals surface area contributed by atoms with Gasteiger partial charge in [-0.25, -0.2) is 9.59 Å². The normalized spacial score (nSPS) is 10.8. The number of aromatic nitrogens is 4. The number of carbonyl (C=O) groups is 2. The second-order valence-electron chi connectivity index (χ2n) is 6.22. The molecule has 9 heteroatoms. The van der Waals surface area contributed by atoms with Gasteiger partial charge in [0, 0.05) is 15.3 Å². The lowest BCUT2D eigenvalue weighted by molar-refractivity contribution is 0.0686. The van der Waals surface area contributed by atoms with Crippen molar-refractivity contribution in [2.24, 2.45) is 7.05 Å². The number of carboxylic acid groups (broad SMARTS) is 2. The number of rotatable bonds is 5. The van der Waals surface area contributed by atoms with Gasteiger partial charge in [-0.15, -0.1) is 21.5 Å². The molecule has 0 aliphatic carbocycles. The summed E-state index contributed by atoms with van der Waals surface area (Å²) in [6, 6.07) is 15.1. The van der Waals surface area contributed by atoms with Crippen LogP contribution in [0.1, 0.15) is 20.7 Å². The second-order valence-corrected chi connectivity index (χ2v) is 7.27. The third-order valence-corrected chi connectivity index (χ3v) is 5.52. The van der Waals surface area contributed by atoms with Crippen LogP contribution >= 0.6 is 11.3 Å². The fraction of sp³-hybridized carbons (Fsp3) is 0.0500. The van der Waals surface area contributed by atoms with Crippen LogP contribution in [0.3, 0.4) is 0 Å². The SMILES string of the molecule is Cn1nnc(-c2cc(-c3ccc(C(=O)O)cc3)sc2-c2ccc(C(=O)O)cc2)n1. The number of benzene rings is 2. The van der Waals surface area contributed by atoms with Gasteiger partial charge in [-0.1, -0.05) is 24.3 Å². The van der Waals surface area contributed by atoms with E-state index in [0.29, 0.717) is 5.82 Å². The highest BCUT2D eigenvalue weighted by Crippen LogP contribution is 2.42. The van der Waals surface area contributed by atoms with Crippen LogP contribution in [0.25, 0.3) is 32.3 Å². The minimum absolute atomic E-state index is 0.203. The van der Waals surface area contributed by atoms with Gasteiger partial charge in [-0.3, -0.25) is 0 Å². The number of aromatic carboxylic acids is 2. The zero-order valence-electron chi connectivity index (χ0n) is 15.1. The predicted molar refractivity (Wildman–Crippen MR) is 107 cm³/mol. The first-order valence-electron chi connectivity index (χ1n) is 8.48. The number of tetrazole rings is 1. The Kier molecular flexibility index (Phi) is 4.65. The molecular formula is C20H14N4O4S. The summed E-state index contributed by atoms with van der Waals surface area (Å²) in [5.74, 6) is -1.52. The first-order chi connectivity index (χ1) is 13.9. The van der Waals surface area contributed by atoms with Crippen molar-refractivity contribution in [3.63, 3.8) is 0 Å². The maximum absolute atomic E-state index is 11.1. The molecule has 0 fully saturated rings. The Morgan fingerprint density at radius 2 is 1.45 bits per heavy atom. The van der Waals surface area contributed by atoms with E-state index in [1.54, 1.807) is 55.6 Å². The second kappa shape index (κ2) is 7.28. The highest BCUT2D eigenvalue weighted by molar-refractivity contribution is 7.19. The zero-order chi connectivity index (χ0) is 20.5. The van der Waals surface area contributed by atoms with Gasteiger partial charge in [0.15, 0.2) is 0 Å². The Hall–Kier alpha value is -3.85. The number of aryl methyl sites for hydroxylation is 1. The minimum Gasteiger partial charge on any atom is -0.478 e. The van der Waals surface area contributed by atoms with Crippen LogP contribution in [0.5, 0.6) is 0 Å². The fourth-order valence-corrected chi connectivity index (χ4v) is 4.01. The summed E-state index contributed by atoms with van der Waals surface area (Å²) in [6.45, 7) is 0. The topological polar surface area (TPSA) is 118 Å². The lowest BCUT2D eigenvalue weighted by Gasteiger charge is -2.02. The van der Waals surface area contributed by atoms with Crippen molar-refractivity contribution in [1.82, 2.24) is 20.2 Å². The van der Waals surface area contributed by atoms with Gasteiger partial charge in [0.1, 0.15) is 0 Å². The van der Waals surface area contributed by atoms with E-state index in [9.17, 15) is 9.59 Å². The quantitative estimate of drug-likeness (QED) is 0.519. The van der Waals surface area contributed by atoms with Crippen molar-refractivity contribution in [2.75, 3.05) is 0 Å². The summed E-state index contributed by atoms with van der Waals surface area (Å²) in [7, 11) is 1.68. The molecule has 2 aromatic carbocycles. The average molecular weight is 406 g/mol. The lowest BCUT2D eigenvalue weighted by Crippen LogP contribution is -1.95. The summed E-state index contributed by atoms with van der Waals surface area (Å²) < 4.78 is 0. The molecule has 0 saturated carbocycles. The molecule has 0 spiro atoms. The molecule has 8 nitrogen and oxygen atoms in total. The molecule has 0 saturated heterocycles. The van der Waals surface area contributed by atoms with Crippen LogP contribution in [0, 0.1) is 0 Å². The van der Waals surface area contributed by atoms with Crippen molar-refractivity contribution in [2.45, 2.75) is 0 Å². The highest BCUT2D eigenvalue weighted by Gasteiger charge is 2.18. The summed E-state index contributed by atoms with van der Waals surface area (Å²) in [5.41, 5.74) is 2.87. The highest BCUT2D eigenvalue weighted by atomic mass is 32.1. The van der Waals surface area contributed by atoms with Crippen molar-refractivity contribution in [3.05, 3.63) is 65.7 Å². The summed E-state index contributed by atoms with van der Waals surface area (Å²) in [4.78, 5) is 25.4. The van der Waals surface area contributed by atoms with Crippen LogP contribution in [0.4, 0.5) is 0 Å². The first kappa shape index (κ1) is 18.5. The maximum atomic E-state index is 11.1. The van der Waals surface area contributed by atoms with E-state index in [4.69, 9.17) is 10.2 Å². The number of thiophene rings is 1. The van der Waals surface area contributed by atoms with Gasteiger partial charge in [0.05, 0.1) is 18.2 Å². The molecule has 0 aliphatic heterocycles. The van der Waals surface area contributed by atoms with E-state index >= 15 is 0 Å². The van der Waals surface area contributed by atoms with Gasteiger partial charge in [0.2, 0.25) is 5.82 Å². The molecule has 144 valence electrons. The molecule has 0 bridgehead atoms. The molecule has 29 heavy (non-hydrogen) atoms. The molecule has 0 unspecified atom stereocenters. The number of nitrogens with zero attached hydrogens (tertiary/aromatic N) is 4. The Morgan fingerprint density at radius 1 is 0.897 bits per heavy atom. The number of carboxylic acids is 2. The summed E-state index contributed by atoms with van der Waals surface area (Å²) in [5, 5.41) is 30.5. The van der Waals surface area contributed by atoms with E-state index in [1.807, 2.05) is 6.07 Å². The largest absolute Gasteiger partial charge is 0.478 e. The van der Waals surface area contributed by atoms with E-state index in [1.165, 1.54) is 16.1 Å². The Morgan fingerprint density at radius 3 is 1.93 bits per heavy atom. The summed E-state index contributed by atoms with van der Waals surface area (Å²) >= 11 is 1.49. The van der Waals surface area contributed by atoms with Crippen LogP contribution in [-0.4, -0.2) is 42.4 Å². The molecule has 2 N–H and O–H groups in total. The molecule has 0 atom stereocenters. The van der Waals surface area contributed by atoms with Crippen molar-refractivity contribution in [1.29, 1.82) is 0 Å². The Bertz CT molecular complexity index is 1210. The minimum atomic E-state index is -0.988. The molecule has 4 aromatic rings. The van der Waals surface area contributed by atoms with Gasteiger partial charge in [0.25, 0.3) is 0 Å². The van der Waals surface area contributed by atoms with Crippen LogP contribution in [0.15, 0.2) is 54.6 Å². The van der Waals surface area contributed by atoms with Gasteiger partial charge in [-0.2, -0.15) is 4.80 Å². The third kappa shape index (κ3) is 3.63. The van der Waals surface area contributed by atoms with Crippen LogP contribution in [-0.2, 0) is 7.05 Å². The van der Waals surface area contributed by atoms with Crippen LogP contribution in [0.2, 0.25) is 0 Å². The standard InChI is InChI=1S/C20H14N4O4S/c1-24-22-18(21-23-24)15-10-16(11-2-6-13(7-3-11)19(25)26)29-17(15)12-4-8-14(9-5-12)20(27)28/h2-10H,1H3,(H,25,26)(H,27,28). The molecule has 0 aliphatic rings. The van der Waals surface area contributed by atoms with Gasteiger partial charge >= 0.3 is 11.9 Å². The third-order valence-electron chi connectivity index (χ3n) is 4.29. The van der Waals surface area contributed by atoms with E-state index in [2.05, 4.69) is 15.4 Å². The fourth-order valence-electron chi connectivity index (χ4n) is 2.85. The monoisotopic (exact) mass is 406 g/mol. The molecule has 0 radical (unpaired) electrons. The van der Waals surface area contributed by atoms with Gasteiger partial charge in [-0.05, 0) is 46.7 Å². The number of hydrogen-bond acceptors (Lipinski definition) is 6. The zero-order valence-corrected chi connectivity index (χ0v) is 15.9. The summed E-state index contributed by atoms with van der Waals surface area (Å²) in [6.07, 6.45) is 0. The van der Waals surface area contributed by atoms with E-state index in [0.717, 1.165) is 26.4 Å². The Labute approximate surface area is 168 Å². The predicted octanol–water partition coefficient (Wildman–Crippen LogP) is 3.67. The van der Waals surface area contributed by atoms with Crippen molar-refractivity contribution < 1.29 is 19.8 Å². The van der Waals surface area contributed by atoms with Gasteiger partial charge < -0.3 is 10.2 Å². The smallest absolute Gasteiger partial charge is 0.335 e. The van der Waals surface area contributed by atoms with Crippen molar-refractivity contribution >= 4 is 23.3 Å². The number of hydrogen-bond donors (Lipinski definition) is 2. The van der Waals surface area contributed by atoms with E-state index < -0.39 is 11.9 Å². The first-order valence-corrected chi connectivity index (χ1v) is 9.29. The molecule has 0 amide bonds. The van der Waals surface area contributed by atoms with E-state index in [-0.39, 0.29) is 11.1 Å². The average Bonchev–Trinajstić information content (AvgIpc) is 3.34. The molecule has 2 heterocycles. The molecule has 4 rings (SSSR count). The lowest BCUT2D eigenvalue weighted by atomic mass is 10.1. The molecular weight excluding hydrogens is 392 g/mol. The van der Waals surface area contributed by atoms with Crippen LogP contribution < -0.4 is 0 Å².